The molecule has 244 valence electrons. The Hall–Kier alpha value is -5.10. The van der Waals surface area contributed by atoms with Gasteiger partial charge in [-0.25, -0.2) is 0 Å². The molecule has 1 aliphatic rings. The molecule has 1 atom stereocenters. The SMILES string of the molecule is C(=NOCCOc1ccc(CC2CN(C(c3ccccc3)(c3ccccc3)c3ccccc3)CS2)cc1)c1ccc(-c2ccccc2)cc1. The normalized spacial score (nSPS) is 15.0. The second kappa shape index (κ2) is 15.9. The second-order valence-electron chi connectivity index (χ2n) is 12.2. The van der Waals surface area contributed by atoms with E-state index in [0.29, 0.717) is 18.5 Å². The number of oxime groups is 1. The molecule has 7 rings (SSSR count). The van der Waals surface area contributed by atoms with E-state index < -0.39 is 0 Å². The molecule has 0 bridgehead atoms. The summed E-state index contributed by atoms with van der Waals surface area (Å²) in [6.07, 6.45) is 2.73. The zero-order valence-corrected chi connectivity index (χ0v) is 28.3. The molecule has 6 aromatic carbocycles. The predicted octanol–water partition coefficient (Wildman–Crippen LogP) is 9.69. The van der Waals surface area contributed by atoms with Gasteiger partial charge in [-0.2, -0.15) is 0 Å². The van der Waals surface area contributed by atoms with Gasteiger partial charge < -0.3 is 9.57 Å². The highest BCUT2D eigenvalue weighted by atomic mass is 32.2. The molecule has 0 N–H and O–H groups in total. The van der Waals surface area contributed by atoms with E-state index in [4.69, 9.17) is 9.57 Å². The van der Waals surface area contributed by atoms with Crippen LogP contribution in [0.5, 0.6) is 5.75 Å². The summed E-state index contributed by atoms with van der Waals surface area (Å²) in [5.41, 5.74) is 8.19. The van der Waals surface area contributed by atoms with Gasteiger partial charge in [0.1, 0.15) is 12.4 Å². The van der Waals surface area contributed by atoms with Gasteiger partial charge in [0.05, 0.1) is 11.8 Å². The summed E-state index contributed by atoms with van der Waals surface area (Å²) in [5.74, 6) is 1.79. The monoisotopic (exact) mass is 660 g/mol. The Morgan fingerprint density at radius 2 is 1.14 bits per heavy atom. The van der Waals surface area contributed by atoms with Crippen molar-refractivity contribution >= 4 is 18.0 Å². The first-order valence-corrected chi connectivity index (χ1v) is 17.9. The molecule has 1 fully saturated rings. The van der Waals surface area contributed by atoms with Crippen LogP contribution < -0.4 is 4.74 Å². The van der Waals surface area contributed by atoms with Gasteiger partial charge in [0.25, 0.3) is 0 Å². The first-order valence-electron chi connectivity index (χ1n) is 16.8. The van der Waals surface area contributed by atoms with Gasteiger partial charge in [-0.15, -0.1) is 11.8 Å². The van der Waals surface area contributed by atoms with Crippen molar-refractivity contribution in [2.24, 2.45) is 5.16 Å². The summed E-state index contributed by atoms with van der Waals surface area (Å²) in [6.45, 7) is 1.79. The molecule has 0 saturated carbocycles. The Morgan fingerprint density at radius 3 is 1.71 bits per heavy atom. The summed E-state index contributed by atoms with van der Waals surface area (Å²) >= 11 is 2.04. The molecule has 49 heavy (non-hydrogen) atoms. The molecule has 0 spiro atoms. The lowest BCUT2D eigenvalue weighted by atomic mass is 9.75. The fourth-order valence-corrected chi connectivity index (χ4v) is 8.00. The smallest absolute Gasteiger partial charge is 0.151 e. The summed E-state index contributed by atoms with van der Waals surface area (Å²) in [5, 5.41) is 4.59. The molecule has 1 saturated heterocycles. The number of rotatable bonds is 13. The summed E-state index contributed by atoms with van der Waals surface area (Å²) in [6, 6.07) is 60.0. The Morgan fingerprint density at radius 1 is 0.612 bits per heavy atom. The minimum absolute atomic E-state index is 0.373. The molecule has 0 radical (unpaired) electrons. The van der Waals surface area contributed by atoms with Gasteiger partial charge in [0.15, 0.2) is 6.61 Å². The molecule has 5 heteroatoms. The van der Waals surface area contributed by atoms with Crippen molar-refractivity contribution in [3.8, 4) is 16.9 Å². The average Bonchev–Trinajstić information content (AvgIpc) is 3.64. The van der Waals surface area contributed by atoms with E-state index in [0.717, 1.165) is 30.2 Å². The Balaban J connectivity index is 0.938. The van der Waals surface area contributed by atoms with Gasteiger partial charge in [-0.1, -0.05) is 163 Å². The van der Waals surface area contributed by atoms with E-state index in [-0.39, 0.29) is 5.54 Å². The predicted molar refractivity (Wildman–Crippen MR) is 203 cm³/mol. The highest BCUT2D eigenvalue weighted by molar-refractivity contribution is 8.00. The van der Waals surface area contributed by atoms with Gasteiger partial charge in [-0.3, -0.25) is 4.90 Å². The first kappa shape index (κ1) is 32.4. The Labute approximate surface area is 294 Å². The minimum Gasteiger partial charge on any atom is -0.490 e. The largest absolute Gasteiger partial charge is 0.490 e. The first-order chi connectivity index (χ1) is 24.3. The maximum atomic E-state index is 5.94. The van der Waals surface area contributed by atoms with Crippen LogP contribution in [0.2, 0.25) is 0 Å². The van der Waals surface area contributed by atoms with Crippen LogP contribution in [0.4, 0.5) is 0 Å². The maximum absolute atomic E-state index is 5.94. The molecule has 6 aromatic rings. The standard InChI is InChI=1S/C44H40N2O2S/c1-5-13-37(14-6-1)38-25-21-36(22-26-38)32-45-48-30-29-47-42-27-23-35(24-28-42)31-43-33-46(34-49-43)44(39-15-7-2-8-16-39,40-17-9-3-10-18-40)41-19-11-4-12-20-41/h1-28,32,43H,29-31,33-34H2. The molecule has 1 aliphatic heterocycles. The molecular formula is C44H40N2O2S. The van der Waals surface area contributed by atoms with Crippen molar-refractivity contribution in [3.05, 3.63) is 198 Å². The van der Waals surface area contributed by atoms with E-state index >= 15 is 0 Å². The van der Waals surface area contributed by atoms with Gasteiger partial charge in [0.2, 0.25) is 0 Å². The summed E-state index contributed by atoms with van der Waals surface area (Å²) < 4.78 is 5.94. The number of benzene rings is 6. The zero-order valence-electron chi connectivity index (χ0n) is 27.5. The third kappa shape index (κ3) is 7.64. The van der Waals surface area contributed by atoms with Crippen LogP contribution in [-0.4, -0.2) is 42.0 Å². The van der Waals surface area contributed by atoms with E-state index in [1.54, 1.807) is 6.21 Å². The lowest BCUT2D eigenvalue weighted by Crippen LogP contribution is -2.47. The number of hydrogen-bond donors (Lipinski definition) is 0. The number of thioether (sulfide) groups is 1. The fraction of sp³-hybridized carbons (Fsp3) is 0.159. The van der Waals surface area contributed by atoms with Crippen LogP contribution in [0, 0.1) is 0 Å². The molecule has 1 heterocycles. The van der Waals surface area contributed by atoms with Crippen molar-refractivity contribution in [2.75, 3.05) is 25.6 Å². The molecule has 0 aliphatic carbocycles. The highest BCUT2D eigenvalue weighted by Gasteiger charge is 2.45. The number of hydrogen-bond acceptors (Lipinski definition) is 5. The topological polar surface area (TPSA) is 34.1 Å². The minimum atomic E-state index is -0.373. The second-order valence-corrected chi connectivity index (χ2v) is 13.5. The lowest BCUT2D eigenvalue weighted by molar-refractivity contribution is 0.108. The molecule has 4 nitrogen and oxygen atoms in total. The average molecular weight is 661 g/mol. The van der Waals surface area contributed by atoms with E-state index in [9.17, 15) is 0 Å². The van der Waals surface area contributed by atoms with Crippen molar-refractivity contribution in [3.63, 3.8) is 0 Å². The third-order valence-electron chi connectivity index (χ3n) is 9.06. The van der Waals surface area contributed by atoms with Crippen LogP contribution in [0.1, 0.15) is 27.8 Å². The molecule has 0 amide bonds. The molecule has 0 aromatic heterocycles. The third-order valence-corrected chi connectivity index (χ3v) is 10.3. The molecule has 1 unspecified atom stereocenters. The van der Waals surface area contributed by atoms with Crippen molar-refractivity contribution < 1.29 is 9.57 Å². The zero-order chi connectivity index (χ0) is 33.1. The van der Waals surface area contributed by atoms with E-state index in [1.165, 1.54) is 33.4 Å². The quantitative estimate of drug-likeness (QED) is 0.0535. The number of nitrogens with zero attached hydrogens (tertiary/aromatic N) is 2. The Kier molecular flexibility index (Phi) is 10.5. The van der Waals surface area contributed by atoms with Crippen molar-refractivity contribution in [1.82, 2.24) is 4.90 Å². The van der Waals surface area contributed by atoms with Crippen LogP contribution in [0.15, 0.2) is 175 Å². The lowest BCUT2D eigenvalue weighted by Gasteiger charge is -2.43. The van der Waals surface area contributed by atoms with Gasteiger partial charge in [0, 0.05) is 17.7 Å². The van der Waals surface area contributed by atoms with Crippen molar-refractivity contribution in [2.45, 2.75) is 17.2 Å². The summed E-state index contributed by atoms with van der Waals surface area (Å²) in [4.78, 5) is 8.13. The molecular weight excluding hydrogens is 621 g/mol. The van der Waals surface area contributed by atoms with Gasteiger partial charge >= 0.3 is 0 Å². The van der Waals surface area contributed by atoms with E-state index in [1.807, 2.05) is 42.1 Å². The van der Waals surface area contributed by atoms with Crippen molar-refractivity contribution in [1.29, 1.82) is 0 Å². The van der Waals surface area contributed by atoms with E-state index in [2.05, 4.69) is 150 Å². The Bertz CT molecular complexity index is 1800. The van der Waals surface area contributed by atoms with Crippen LogP contribution in [0.3, 0.4) is 0 Å². The summed E-state index contributed by atoms with van der Waals surface area (Å²) in [7, 11) is 0. The van der Waals surface area contributed by atoms with Crippen LogP contribution >= 0.6 is 11.8 Å². The maximum Gasteiger partial charge on any atom is 0.151 e. The fourth-order valence-electron chi connectivity index (χ4n) is 6.71. The van der Waals surface area contributed by atoms with Crippen LogP contribution in [-0.2, 0) is 16.8 Å². The van der Waals surface area contributed by atoms with Gasteiger partial charge in [-0.05, 0) is 57.5 Å². The highest BCUT2D eigenvalue weighted by Crippen LogP contribution is 2.46. The number of ether oxygens (including phenoxy) is 1. The van der Waals surface area contributed by atoms with Crippen LogP contribution in [0.25, 0.3) is 11.1 Å².